The average molecular weight is 309 g/mol. The standard InChI is InChI=1S/C19H23N3O/c20-15-5-3-11-22(13-15)18-12-14-4-1-2-6-17(14)19(18)23-16-7-9-21-10-8-16/h1-2,4,6-10,15,18-19H,3,5,11-13,20H2/t15-,18-,19-/m1/s1. The Morgan fingerprint density at radius 2 is 1.96 bits per heavy atom. The van der Waals surface area contributed by atoms with Crippen LogP contribution in [0.25, 0.3) is 0 Å². The zero-order chi connectivity index (χ0) is 15.6. The van der Waals surface area contributed by atoms with Crippen LogP contribution in [0.3, 0.4) is 0 Å². The fraction of sp³-hybridized carbons (Fsp3) is 0.421. The lowest BCUT2D eigenvalue weighted by molar-refractivity contribution is 0.0593. The van der Waals surface area contributed by atoms with Gasteiger partial charge in [-0.3, -0.25) is 9.88 Å². The fourth-order valence-corrected chi connectivity index (χ4v) is 3.90. The monoisotopic (exact) mass is 309 g/mol. The number of aromatic nitrogens is 1. The quantitative estimate of drug-likeness (QED) is 0.946. The van der Waals surface area contributed by atoms with E-state index in [-0.39, 0.29) is 12.1 Å². The zero-order valence-electron chi connectivity index (χ0n) is 13.3. The number of piperidine rings is 1. The summed E-state index contributed by atoms with van der Waals surface area (Å²) < 4.78 is 6.38. The lowest BCUT2D eigenvalue weighted by Gasteiger charge is -2.38. The molecule has 0 bridgehead atoms. The molecule has 2 aliphatic rings. The predicted molar refractivity (Wildman–Crippen MR) is 90.3 cm³/mol. The Bertz CT molecular complexity index is 661. The first-order chi connectivity index (χ1) is 11.3. The predicted octanol–water partition coefficient (Wildman–Crippen LogP) is 2.55. The molecule has 2 aromatic rings. The van der Waals surface area contributed by atoms with Crippen molar-refractivity contribution in [1.82, 2.24) is 9.88 Å². The fourth-order valence-electron chi connectivity index (χ4n) is 3.90. The second-order valence-corrected chi connectivity index (χ2v) is 6.59. The molecule has 0 radical (unpaired) electrons. The molecule has 1 fully saturated rings. The minimum atomic E-state index is 0.0684. The number of likely N-dealkylation sites (tertiary alicyclic amines) is 1. The van der Waals surface area contributed by atoms with E-state index in [0.717, 1.165) is 31.7 Å². The molecule has 23 heavy (non-hydrogen) atoms. The molecular weight excluding hydrogens is 286 g/mol. The molecule has 2 N–H and O–H groups in total. The smallest absolute Gasteiger partial charge is 0.140 e. The van der Waals surface area contributed by atoms with Crippen LogP contribution in [0.1, 0.15) is 30.1 Å². The highest BCUT2D eigenvalue weighted by Gasteiger charge is 2.39. The number of fused-ring (bicyclic) bond motifs is 1. The summed E-state index contributed by atoms with van der Waals surface area (Å²) in [5.74, 6) is 0.882. The van der Waals surface area contributed by atoms with Gasteiger partial charge in [0.25, 0.3) is 0 Å². The van der Waals surface area contributed by atoms with Crippen LogP contribution in [0.15, 0.2) is 48.8 Å². The van der Waals surface area contributed by atoms with Gasteiger partial charge in [-0.25, -0.2) is 0 Å². The summed E-state index contributed by atoms with van der Waals surface area (Å²) in [4.78, 5) is 6.60. The van der Waals surface area contributed by atoms with Crippen LogP contribution in [0.4, 0.5) is 0 Å². The van der Waals surface area contributed by atoms with Crippen molar-refractivity contribution in [3.8, 4) is 5.75 Å². The van der Waals surface area contributed by atoms with Gasteiger partial charge in [-0.15, -0.1) is 0 Å². The molecule has 0 saturated carbocycles. The molecule has 2 heterocycles. The molecule has 4 rings (SSSR count). The van der Waals surface area contributed by atoms with E-state index < -0.39 is 0 Å². The van der Waals surface area contributed by atoms with Gasteiger partial charge in [0.2, 0.25) is 0 Å². The number of nitrogens with zero attached hydrogens (tertiary/aromatic N) is 2. The van der Waals surface area contributed by atoms with Crippen molar-refractivity contribution in [3.63, 3.8) is 0 Å². The van der Waals surface area contributed by atoms with Crippen LogP contribution >= 0.6 is 0 Å². The summed E-state index contributed by atoms with van der Waals surface area (Å²) in [6, 6.07) is 13.2. The Morgan fingerprint density at radius 3 is 2.78 bits per heavy atom. The summed E-state index contributed by atoms with van der Waals surface area (Å²) in [6.45, 7) is 2.08. The minimum Gasteiger partial charge on any atom is -0.484 e. The van der Waals surface area contributed by atoms with Crippen molar-refractivity contribution < 1.29 is 4.74 Å². The van der Waals surface area contributed by atoms with Gasteiger partial charge in [-0.1, -0.05) is 24.3 Å². The lowest BCUT2D eigenvalue weighted by Crippen LogP contribution is -2.49. The normalized spacial score (nSPS) is 27.6. The number of hydrogen-bond acceptors (Lipinski definition) is 4. The van der Waals surface area contributed by atoms with Crippen LogP contribution in [-0.4, -0.2) is 35.1 Å². The number of benzene rings is 1. The van der Waals surface area contributed by atoms with Gasteiger partial charge in [-0.05, 0) is 49.1 Å². The first-order valence-electron chi connectivity index (χ1n) is 8.45. The third kappa shape index (κ3) is 2.96. The second-order valence-electron chi connectivity index (χ2n) is 6.59. The minimum absolute atomic E-state index is 0.0684. The first kappa shape index (κ1) is 14.7. The first-order valence-corrected chi connectivity index (χ1v) is 8.45. The number of nitrogens with two attached hydrogens (primary N) is 1. The Labute approximate surface area is 137 Å². The van der Waals surface area contributed by atoms with Gasteiger partial charge in [-0.2, -0.15) is 0 Å². The van der Waals surface area contributed by atoms with Crippen LogP contribution in [0.2, 0.25) is 0 Å². The maximum Gasteiger partial charge on any atom is 0.140 e. The highest BCUT2D eigenvalue weighted by molar-refractivity contribution is 5.37. The number of pyridine rings is 1. The van der Waals surface area contributed by atoms with Crippen molar-refractivity contribution in [2.75, 3.05) is 13.1 Å². The number of hydrogen-bond donors (Lipinski definition) is 1. The zero-order valence-corrected chi connectivity index (χ0v) is 13.3. The molecular formula is C19H23N3O. The Balaban J connectivity index is 1.62. The van der Waals surface area contributed by atoms with Gasteiger partial charge in [0.05, 0.1) is 6.04 Å². The topological polar surface area (TPSA) is 51.4 Å². The van der Waals surface area contributed by atoms with Crippen LogP contribution in [0.5, 0.6) is 5.75 Å². The van der Waals surface area contributed by atoms with Gasteiger partial charge in [0.15, 0.2) is 0 Å². The second kappa shape index (κ2) is 6.30. The lowest BCUT2D eigenvalue weighted by atomic mass is 10.0. The van der Waals surface area contributed by atoms with E-state index in [2.05, 4.69) is 34.1 Å². The number of ether oxygens (including phenoxy) is 1. The third-order valence-electron chi connectivity index (χ3n) is 5.01. The van der Waals surface area contributed by atoms with Gasteiger partial charge < -0.3 is 10.5 Å². The maximum atomic E-state index is 6.38. The van der Waals surface area contributed by atoms with Gasteiger partial charge in [0, 0.05) is 25.0 Å². The summed E-state index contributed by atoms with van der Waals surface area (Å²) in [7, 11) is 0. The average Bonchev–Trinajstić information content (AvgIpc) is 2.95. The molecule has 120 valence electrons. The molecule has 1 saturated heterocycles. The van der Waals surface area contributed by atoms with Gasteiger partial charge in [0.1, 0.15) is 11.9 Å². The van der Waals surface area contributed by atoms with Gasteiger partial charge >= 0.3 is 0 Å². The molecule has 1 aromatic carbocycles. The van der Waals surface area contributed by atoms with E-state index in [1.54, 1.807) is 12.4 Å². The van der Waals surface area contributed by atoms with E-state index in [4.69, 9.17) is 10.5 Å². The molecule has 4 nitrogen and oxygen atoms in total. The highest BCUT2D eigenvalue weighted by Crippen LogP contribution is 2.38. The molecule has 1 aromatic heterocycles. The largest absolute Gasteiger partial charge is 0.484 e. The van der Waals surface area contributed by atoms with Crippen molar-refractivity contribution in [2.45, 2.75) is 37.5 Å². The van der Waals surface area contributed by atoms with Crippen molar-refractivity contribution in [1.29, 1.82) is 0 Å². The Kier molecular flexibility index (Phi) is 4.02. The van der Waals surface area contributed by atoms with Crippen molar-refractivity contribution in [3.05, 3.63) is 59.9 Å². The molecule has 0 unspecified atom stereocenters. The molecule has 1 aliphatic heterocycles. The van der Waals surface area contributed by atoms with E-state index in [0.29, 0.717) is 6.04 Å². The van der Waals surface area contributed by atoms with Crippen molar-refractivity contribution >= 4 is 0 Å². The SMILES string of the molecule is N[C@@H]1CCCN([C@@H]2Cc3ccccc3[C@H]2Oc2ccncc2)C1. The summed E-state index contributed by atoms with van der Waals surface area (Å²) in [5.41, 5.74) is 8.92. The maximum absolute atomic E-state index is 6.38. The Morgan fingerprint density at radius 1 is 1.13 bits per heavy atom. The molecule has 3 atom stereocenters. The number of rotatable bonds is 3. The van der Waals surface area contributed by atoms with E-state index in [1.807, 2.05) is 12.1 Å². The van der Waals surface area contributed by atoms with E-state index >= 15 is 0 Å². The third-order valence-corrected chi connectivity index (χ3v) is 5.01. The van der Waals surface area contributed by atoms with Crippen LogP contribution in [-0.2, 0) is 6.42 Å². The summed E-state index contributed by atoms with van der Waals surface area (Å²) in [6.07, 6.45) is 6.98. The molecule has 0 spiro atoms. The van der Waals surface area contributed by atoms with E-state index in [9.17, 15) is 0 Å². The Hall–Kier alpha value is -1.91. The van der Waals surface area contributed by atoms with Crippen LogP contribution < -0.4 is 10.5 Å². The van der Waals surface area contributed by atoms with Crippen LogP contribution in [0, 0.1) is 0 Å². The summed E-state index contributed by atoms with van der Waals surface area (Å²) >= 11 is 0. The molecule has 0 amide bonds. The van der Waals surface area contributed by atoms with E-state index in [1.165, 1.54) is 17.5 Å². The highest BCUT2D eigenvalue weighted by atomic mass is 16.5. The molecule has 4 heteroatoms. The molecule has 1 aliphatic carbocycles. The summed E-state index contributed by atoms with van der Waals surface area (Å²) in [5, 5.41) is 0. The van der Waals surface area contributed by atoms with Crippen molar-refractivity contribution in [2.24, 2.45) is 5.73 Å².